The van der Waals surface area contributed by atoms with Gasteiger partial charge in [-0.2, -0.15) is 8.42 Å². The van der Waals surface area contributed by atoms with E-state index in [1.807, 2.05) is 17.8 Å². The Balaban J connectivity index is 1.93. The molecule has 1 saturated heterocycles. The fourth-order valence-corrected chi connectivity index (χ4v) is 3.16. The molecule has 0 aliphatic carbocycles. The van der Waals surface area contributed by atoms with Crippen molar-refractivity contribution in [2.75, 3.05) is 12.9 Å². The Morgan fingerprint density at radius 3 is 2.71 bits per heavy atom. The Bertz CT molecular complexity index is 821. The Labute approximate surface area is 145 Å². The van der Waals surface area contributed by atoms with Crippen molar-refractivity contribution >= 4 is 21.7 Å². The van der Waals surface area contributed by atoms with Gasteiger partial charge in [-0.05, 0) is 12.1 Å². The predicted octanol–water partition coefficient (Wildman–Crippen LogP) is 1.82. The number of halogens is 1. The van der Waals surface area contributed by atoms with Gasteiger partial charge in [0.1, 0.15) is 12.4 Å². The summed E-state index contributed by atoms with van der Waals surface area (Å²) in [5.74, 6) is -0.469. The van der Waals surface area contributed by atoms with Gasteiger partial charge in [0.05, 0.1) is 12.7 Å². The Hall–Kier alpha value is -1.45. The Kier molecular flexibility index (Phi) is 4.67. The molecule has 3 rings (SSSR count). The van der Waals surface area contributed by atoms with Crippen LogP contribution < -0.4 is 0 Å². The van der Waals surface area contributed by atoms with Crippen LogP contribution in [0.5, 0.6) is 0 Å². The van der Waals surface area contributed by atoms with Crippen molar-refractivity contribution in [2.45, 2.75) is 18.5 Å². The zero-order valence-corrected chi connectivity index (χ0v) is 14.7. The minimum atomic E-state index is -3.66. The number of nitrogens with zero attached hydrogens (tertiary/aromatic N) is 2. The molecular formula is C15H17ClN2O5S. The standard InChI is InChI=1S/C15H17ClN2O5S/c1-18-8-7-17-13(18)9-15(11-3-5-12(16)6-4-11)21-10-14(22-15)23-24(2,19)20/h3-8,14H,9-10H2,1-2H3/t14-,15-/m0/s1. The lowest BCUT2D eigenvalue weighted by atomic mass is 10.0. The average Bonchev–Trinajstić information content (AvgIpc) is 3.06. The van der Waals surface area contributed by atoms with Crippen LogP contribution in [0.15, 0.2) is 36.7 Å². The number of imidazole rings is 1. The maximum Gasteiger partial charge on any atom is 0.266 e. The zero-order chi connectivity index (χ0) is 17.4. The number of hydrogen-bond donors (Lipinski definition) is 0. The summed E-state index contributed by atoms with van der Waals surface area (Å²) in [6.45, 7) is -0.0138. The topological polar surface area (TPSA) is 79.7 Å². The maximum atomic E-state index is 11.4. The fourth-order valence-electron chi connectivity index (χ4n) is 2.55. The fraction of sp³-hybridized carbons (Fsp3) is 0.400. The molecule has 130 valence electrons. The van der Waals surface area contributed by atoms with Gasteiger partial charge in [0.2, 0.25) is 12.1 Å². The molecule has 7 nitrogen and oxygen atoms in total. The minimum Gasteiger partial charge on any atom is -0.340 e. The molecular weight excluding hydrogens is 356 g/mol. The lowest BCUT2D eigenvalue weighted by Crippen LogP contribution is -2.32. The highest BCUT2D eigenvalue weighted by molar-refractivity contribution is 7.86. The molecule has 1 aromatic heterocycles. The highest BCUT2D eigenvalue weighted by Gasteiger charge is 2.45. The first-order valence-electron chi connectivity index (χ1n) is 7.20. The van der Waals surface area contributed by atoms with E-state index in [1.54, 1.807) is 30.5 Å². The molecule has 0 spiro atoms. The second kappa shape index (κ2) is 6.45. The highest BCUT2D eigenvalue weighted by atomic mass is 35.5. The third-order valence-electron chi connectivity index (χ3n) is 3.65. The molecule has 0 saturated carbocycles. The smallest absolute Gasteiger partial charge is 0.266 e. The van der Waals surface area contributed by atoms with Crippen molar-refractivity contribution in [1.82, 2.24) is 9.55 Å². The molecule has 0 N–H and O–H groups in total. The first kappa shape index (κ1) is 17.4. The quantitative estimate of drug-likeness (QED) is 0.745. The second-order valence-electron chi connectivity index (χ2n) is 5.55. The van der Waals surface area contributed by atoms with Crippen LogP contribution >= 0.6 is 11.6 Å². The summed E-state index contributed by atoms with van der Waals surface area (Å²) in [6.07, 6.45) is 3.73. The third-order valence-corrected chi connectivity index (χ3v) is 4.47. The molecule has 0 bridgehead atoms. The summed E-state index contributed by atoms with van der Waals surface area (Å²) in [7, 11) is -1.81. The molecule has 1 aromatic carbocycles. The molecule has 2 atom stereocenters. The van der Waals surface area contributed by atoms with Crippen LogP contribution in [0.25, 0.3) is 0 Å². The van der Waals surface area contributed by atoms with Crippen LogP contribution in [0.3, 0.4) is 0 Å². The van der Waals surface area contributed by atoms with Gasteiger partial charge in [-0.1, -0.05) is 23.7 Å². The number of aryl methyl sites for hydroxylation is 1. The SMILES string of the molecule is Cn1ccnc1C[C@]1(c2ccc(Cl)cc2)OC[C@H](OS(C)(=O)=O)O1. The molecule has 2 heterocycles. The summed E-state index contributed by atoms with van der Waals surface area (Å²) in [5, 5.41) is 0.577. The Morgan fingerprint density at radius 2 is 2.12 bits per heavy atom. The molecule has 1 aliphatic heterocycles. The number of aromatic nitrogens is 2. The first-order chi connectivity index (χ1) is 11.3. The van der Waals surface area contributed by atoms with E-state index in [0.29, 0.717) is 17.0 Å². The van der Waals surface area contributed by atoms with Crippen molar-refractivity contribution in [3.8, 4) is 0 Å². The molecule has 0 amide bonds. The summed E-state index contributed by atoms with van der Waals surface area (Å²) < 4.78 is 41.2. The Morgan fingerprint density at radius 1 is 1.42 bits per heavy atom. The van der Waals surface area contributed by atoms with Gasteiger partial charge in [-0.3, -0.25) is 0 Å². The predicted molar refractivity (Wildman–Crippen MR) is 86.8 cm³/mol. The monoisotopic (exact) mass is 372 g/mol. The van der Waals surface area contributed by atoms with E-state index < -0.39 is 22.2 Å². The van der Waals surface area contributed by atoms with Crippen LogP contribution in [0.4, 0.5) is 0 Å². The molecule has 0 unspecified atom stereocenters. The molecule has 9 heteroatoms. The van der Waals surface area contributed by atoms with E-state index in [0.717, 1.165) is 12.1 Å². The van der Waals surface area contributed by atoms with Crippen LogP contribution in [0, 0.1) is 0 Å². The van der Waals surface area contributed by atoms with Gasteiger partial charge in [-0.15, -0.1) is 0 Å². The normalized spacial score (nSPS) is 24.4. The van der Waals surface area contributed by atoms with Crippen molar-refractivity contribution in [3.63, 3.8) is 0 Å². The average molecular weight is 373 g/mol. The van der Waals surface area contributed by atoms with Crippen molar-refractivity contribution in [3.05, 3.63) is 53.1 Å². The minimum absolute atomic E-state index is 0.0138. The van der Waals surface area contributed by atoms with E-state index in [9.17, 15) is 8.42 Å². The number of benzene rings is 1. The van der Waals surface area contributed by atoms with Crippen LogP contribution in [0.2, 0.25) is 5.02 Å². The van der Waals surface area contributed by atoms with Gasteiger partial charge in [-0.25, -0.2) is 9.17 Å². The number of rotatable bonds is 5. The van der Waals surface area contributed by atoms with E-state index in [-0.39, 0.29) is 6.61 Å². The molecule has 24 heavy (non-hydrogen) atoms. The van der Waals surface area contributed by atoms with E-state index in [4.69, 9.17) is 25.3 Å². The molecule has 1 fully saturated rings. The van der Waals surface area contributed by atoms with Gasteiger partial charge in [0.15, 0.2) is 0 Å². The molecule has 2 aromatic rings. The number of hydrogen-bond acceptors (Lipinski definition) is 6. The van der Waals surface area contributed by atoms with Crippen molar-refractivity contribution < 1.29 is 22.1 Å². The summed E-state index contributed by atoms with van der Waals surface area (Å²) in [4.78, 5) is 4.28. The van der Waals surface area contributed by atoms with E-state index >= 15 is 0 Å². The lowest BCUT2D eigenvalue weighted by molar-refractivity contribution is -0.200. The van der Waals surface area contributed by atoms with Gasteiger partial charge < -0.3 is 14.0 Å². The largest absolute Gasteiger partial charge is 0.340 e. The first-order valence-corrected chi connectivity index (χ1v) is 9.39. The van der Waals surface area contributed by atoms with Crippen LogP contribution in [-0.2, 0) is 43.0 Å². The summed E-state index contributed by atoms with van der Waals surface area (Å²) >= 11 is 5.95. The zero-order valence-electron chi connectivity index (χ0n) is 13.2. The van der Waals surface area contributed by atoms with Gasteiger partial charge in [0, 0.05) is 30.0 Å². The molecule has 1 aliphatic rings. The van der Waals surface area contributed by atoms with Crippen LogP contribution in [0.1, 0.15) is 11.4 Å². The number of ether oxygens (including phenoxy) is 2. The van der Waals surface area contributed by atoms with E-state index in [2.05, 4.69) is 4.98 Å². The third kappa shape index (κ3) is 3.79. The summed E-state index contributed by atoms with van der Waals surface area (Å²) in [5.41, 5.74) is 0.703. The van der Waals surface area contributed by atoms with Crippen molar-refractivity contribution in [1.29, 1.82) is 0 Å². The van der Waals surface area contributed by atoms with Crippen LogP contribution in [-0.4, -0.2) is 37.1 Å². The van der Waals surface area contributed by atoms with Gasteiger partial charge in [0.25, 0.3) is 10.1 Å². The lowest BCUT2D eigenvalue weighted by Gasteiger charge is -2.28. The van der Waals surface area contributed by atoms with Gasteiger partial charge >= 0.3 is 0 Å². The van der Waals surface area contributed by atoms with Crippen molar-refractivity contribution in [2.24, 2.45) is 7.05 Å². The maximum absolute atomic E-state index is 11.4. The molecule has 0 radical (unpaired) electrons. The summed E-state index contributed by atoms with van der Waals surface area (Å²) in [6, 6.07) is 6.98. The highest BCUT2D eigenvalue weighted by Crippen LogP contribution is 2.38. The second-order valence-corrected chi connectivity index (χ2v) is 7.59. The van der Waals surface area contributed by atoms with E-state index in [1.165, 1.54) is 0 Å².